The van der Waals surface area contributed by atoms with Crippen LogP contribution in [0.3, 0.4) is 0 Å². The minimum absolute atomic E-state index is 0.100. The van der Waals surface area contributed by atoms with Crippen LogP contribution in [0.5, 0.6) is 5.75 Å². The van der Waals surface area contributed by atoms with Crippen LogP contribution in [0.15, 0.2) is 25.7 Å². The summed E-state index contributed by atoms with van der Waals surface area (Å²) in [6.07, 6.45) is 10.3. The second kappa shape index (κ2) is 12.1. The number of benzene rings is 1. The fourth-order valence-corrected chi connectivity index (χ4v) is 8.89. The number of Topliss-reactive ketones (excluding diaryl/α,β-unsaturated/α-hetero) is 1. The highest BCUT2D eigenvalue weighted by Gasteiger charge is 2.32. The molecule has 1 aromatic rings. The van der Waals surface area contributed by atoms with Gasteiger partial charge in [-0.2, -0.15) is 10.5 Å². The molecule has 1 aromatic carbocycles. The van der Waals surface area contributed by atoms with Crippen LogP contribution in [-0.2, 0) is 0 Å². The minimum atomic E-state index is 0.100. The van der Waals surface area contributed by atoms with Gasteiger partial charge in [-0.25, -0.2) is 0 Å². The summed E-state index contributed by atoms with van der Waals surface area (Å²) in [7, 11) is 0. The Morgan fingerprint density at radius 3 is 2.14 bits per heavy atom. The average Bonchev–Trinajstić information content (AvgIpc) is 3.28. The first-order valence-electron chi connectivity index (χ1n) is 12.8. The molecule has 0 N–H and O–H groups in total. The quantitative estimate of drug-likeness (QED) is 0.200. The Bertz CT molecular complexity index is 1050. The van der Waals surface area contributed by atoms with Crippen molar-refractivity contribution in [1.82, 2.24) is 0 Å². The van der Waals surface area contributed by atoms with Gasteiger partial charge in [0.15, 0.2) is 11.5 Å². The lowest BCUT2D eigenvalue weighted by atomic mass is 9.80. The molecular formula is C28H34N2O2S3. The maximum Gasteiger partial charge on any atom is 0.164 e. The van der Waals surface area contributed by atoms with Crippen LogP contribution < -0.4 is 4.18 Å². The Morgan fingerprint density at radius 1 is 0.971 bits per heavy atom. The maximum absolute atomic E-state index is 13.5. The summed E-state index contributed by atoms with van der Waals surface area (Å²) < 4.78 is 6.93. The molecule has 7 heteroatoms. The fourth-order valence-electron chi connectivity index (χ4n) is 5.27. The first-order valence-corrected chi connectivity index (χ1v) is 15.3. The normalized spacial score (nSPS) is 25.9. The van der Waals surface area contributed by atoms with E-state index in [0.29, 0.717) is 22.5 Å². The molecule has 186 valence electrons. The van der Waals surface area contributed by atoms with Gasteiger partial charge in [-0.15, -0.1) is 0 Å². The van der Waals surface area contributed by atoms with Crippen LogP contribution in [-0.4, -0.2) is 11.5 Å². The molecule has 1 heterocycles. The van der Waals surface area contributed by atoms with E-state index in [4.69, 9.17) is 4.18 Å². The summed E-state index contributed by atoms with van der Waals surface area (Å²) in [5, 5.41) is 18.9. The number of nitriles is 2. The van der Waals surface area contributed by atoms with Crippen molar-refractivity contribution < 1.29 is 8.98 Å². The van der Waals surface area contributed by atoms with E-state index in [1.54, 1.807) is 0 Å². The van der Waals surface area contributed by atoms with Crippen molar-refractivity contribution in [3.63, 3.8) is 0 Å². The third kappa shape index (κ3) is 6.43. The molecule has 0 radical (unpaired) electrons. The SMILES string of the molecule is Cc1cc(C(=O)CC2CCC(C)CC2)c2c(c1OSCC1CCC(C)CC1)SC(=C(C#N)C#N)S2. The van der Waals surface area contributed by atoms with Gasteiger partial charge in [-0.3, -0.25) is 4.79 Å². The van der Waals surface area contributed by atoms with Gasteiger partial charge in [0.1, 0.15) is 17.7 Å². The number of fused-ring (bicyclic) bond motifs is 1. The van der Waals surface area contributed by atoms with Crippen LogP contribution >= 0.6 is 35.6 Å². The maximum atomic E-state index is 13.5. The molecule has 0 amide bonds. The first kappa shape index (κ1) is 26.5. The summed E-state index contributed by atoms with van der Waals surface area (Å²) >= 11 is 4.29. The van der Waals surface area contributed by atoms with Crippen LogP contribution in [0.2, 0.25) is 0 Å². The molecule has 3 aliphatic rings. The zero-order valence-electron chi connectivity index (χ0n) is 20.9. The molecule has 1 aliphatic heterocycles. The van der Waals surface area contributed by atoms with Crippen molar-refractivity contribution in [2.24, 2.45) is 23.7 Å². The molecule has 0 aromatic heterocycles. The lowest BCUT2D eigenvalue weighted by molar-refractivity contribution is 0.0941. The predicted octanol–water partition coefficient (Wildman–Crippen LogP) is 8.70. The van der Waals surface area contributed by atoms with Crippen molar-refractivity contribution in [2.75, 3.05) is 5.75 Å². The Morgan fingerprint density at radius 2 is 1.54 bits per heavy atom. The number of hydrogen-bond acceptors (Lipinski definition) is 7. The topological polar surface area (TPSA) is 73.9 Å². The molecular weight excluding hydrogens is 493 g/mol. The number of thioether (sulfide) groups is 2. The fraction of sp³-hybridized carbons (Fsp3) is 0.607. The molecule has 0 saturated heterocycles. The van der Waals surface area contributed by atoms with Gasteiger partial charge in [0, 0.05) is 22.6 Å². The summed E-state index contributed by atoms with van der Waals surface area (Å²) in [6, 6.07) is 6.01. The average molecular weight is 527 g/mol. The largest absolute Gasteiger partial charge is 0.424 e. The number of aryl methyl sites for hydroxylation is 1. The van der Waals surface area contributed by atoms with Crippen LogP contribution in [0, 0.1) is 53.3 Å². The molecule has 35 heavy (non-hydrogen) atoms. The molecule has 4 rings (SSSR count). The van der Waals surface area contributed by atoms with E-state index in [2.05, 4.69) is 13.8 Å². The lowest BCUT2D eigenvalue weighted by Gasteiger charge is -2.26. The van der Waals surface area contributed by atoms with Crippen LogP contribution in [0.4, 0.5) is 0 Å². The van der Waals surface area contributed by atoms with E-state index < -0.39 is 0 Å². The summed E-state index contributed by atoms with van der Waals surface area (Å²) in [6.45, 7) is 6.63. The highest BCUT2D eigenvalue weighted by atomic mass is 32.2. The second-order valence-corrected chi connectivity index (χ2v) is 13.6. The van der Waals surface area contributed by atoms with E-state index >= 15 is 0 Å². The Balaban J connectivity index is 1.55. The van der Waals surface area contributed by atoms with Gasteiger partial charge in [-0.05, 0) is 67.9 Å². The van der Waals surface area contributed by atoms with E-state index in [1.807, 2.05) is 25.1 Å². The predicted molar refractivity (Wildman–Crippen MR) is 145 cm³/mol. The number of allylic oxidation sites excluding steroid dienone is 1. The Hall–Kier alpha value is -1.54. The zero-order chi connectivity index (χ0) is 24.9. The third-order valence-electron chi connectivity index (χ3n) is 7.68. The Labute approximate surface area is 222 Å². The van der Waals surface area contributed by atoms with Gasteiger partial charge < -0.3 is 4.18 Å². The molecule has 2 fully saturated rings. The number of carbonyl (C=O) groups excluding carboxylic acids is 1. The molecule has 0 atom stereocenters. The van der Waals surface area contributed by atoms with Crippen molar-refractivity contribution >= 4 is 41.3 Å². The van der Waals surface area contributed by atoms with Crippen LogP contribution in [0.1, 0.15) is 87.6 Å². The van der Waals surface area contributed by atoms with E-state index in [1.165, 1.54) is 74.1 Å². The number of rotatable bonds is 7. The monoisotopic (exact) mass is 526 g/mol. The lowest BCUT2D eigenvalue weighted by Crippen LogP contribution is -2.16. The van der Waals surface area contributed by atoms with Crippen LogP contribution in [0.25, 0.3) is 0 Å². The minimum Gasteiger partial charge on any atom is -0.424 e. The van der Waals surface area contributed by atoms with Gasteiger partial charge >= 0.3 is 0 Å². The van der Waals surface area contributed by atoms with Crippen molar-refractivity contribution in [3.05, 3.63) is 27.0 Å². The number of nitrogens with zero attached hydrogens (tertiary/aromatic N) is 2. The molecule has 2 aliphatic carbocycles. The van der Waals surface area contributed by atoms with E-state index in [0.717, 1.165) is 57.1 Å². The Kier molecular flexibility index (Phi) is 9.19. The molecule has 0 unspecified atom stereocenters. The van der Waals surface area contributed by atoms with Crippen molar-refractivity contribution in [2.45, 2.75) is 88.3 Å². The van der Waals surface area contributed by atoms with Crippen molar-refractivity contribution in [1.29, 1.82) is 10.5 Å². The van der Waals surface area contributed by atoms with E-state index in [-0.39, 0.29) is 11.4 Å². The third-order valence-corrected chi connectivity index (χ3v) is 11.2. The first-order chi connectivity index (χ1) is 16.9. The zero-order valence-corrected chi connectivity index (χ0v) is 23.3. The highest BCUT2D eigenvalue weighted by molar-refractivity contribution is 8.24. The smallest absolute Gasteiger partial charge is 0.164 e. The van der Waals surface area contributed by atoms with Gasteiger partial charge in [0.25, 0.3) is 0 Å². The van der Waals surface area contributed by atoms with Gasteiger partial charge in [0.05, 0.1) is 21.2 Å². The van der Waals surface area contributed by atoms with Gasteiger partial charge in [-0.1, -0.05) is 63.1 Å². The van der Waals surface area contributed by atoms with Crippen molar-refractivity contribution in [3.8, 4) is 17.9 Å². The summed E-state index contributed by atoms with van der Waals surface area (Å²) in [5.41, 5.74) is 1.76. The molecule has 4 nitrogen and oxygen atoms in total. The summed E-state index contributed by atoms with van der Waals surface area (Å²) in [5.74, 6) is 4.63. The molecule has 0 spiro atoms. The van der Waals surface area contributed by atoms with Gasteiger partial charge in [0.2, 0.25) is 0 Å². The second-order valence-electron chi connectivity index (χ2n) is 10.6. The van der Waals surface area contributed by atoms with E-state index in [9.17, 15) is 15.3 Å². The highest BCUT2D eigenvalue weighted by Crippen LogP contribution is 2.58. The molecule has 2 saturated carbocycles. The number of hydrogen-bond donors (Lipinski definition) is 0. The standard InChI is InChI=1S/C28H34N2O2S3/c1-17-4-8-20(9-5-17)13-24(31)23-12-19(3)25(32-33-16-21-10-6-18(2)7-11-21)27-26(23)34-28(35-27)22(14-29)15-30/h12,17-18,20-21H,4-11,13,16H2,1-3H3. The molecule has 0 bridgehead atoms. The summed E-state index contributed by atoms with van der Waals surface area (Å²) in [4.78, 5) is 15.2. The number of carbonyl (C=O) groups is 1. The number of ketones is 1.